The third-order valence-electron chi connectivity index (χ3n) is 3.32. The van der Waals surface area contributed by atoms with Gasteiger partial charge in [0.2, 0.25) is 5.91 Å². The topological polar surface area (TPSA) is 141 Å². The molecule has 9 heteroatoms. The van der Waals surface area contributed by atoms with Gasteiger partial charge in [-0.05, 0) is 24.8 Å². The summed E-state index contributed by atoms with van der Waals surface area (Å²) in [5, 5.41) is 21.5. The van der Waals surface area contributed by atoms with Crippen molar-refractivity contribution in [2.45, 2.75) is 32.6 Å². The molecule has 130 valence electrons. The number of nitro benzene ring substituents is 1. The lowest BCUT2D eigenvalue weighted by atomic mass is 9.98. The first-order valence-corrected chi connectivity index (χ1v) is 7.39. The fourth-order valence-corrected chi connectivity index (χ4v) is 2.06. The molecule has 0 aliphatic rings. The first kappa shape index (κ1) is 19.1. The molecule has 0 unspecified atom stereocenters. The minimum atomic E-state index is -1.20. The number of rotatable bonds is 8. The van der Waals surface area contributed by atoms with E-state index >= 15 is 0 Å². The molecule has 0 aliphatic carbocycles. The van der Waals surface area contributed by atoms with Crippen LogP contribution in [0.4, 0.5) is 5.69 Å². The fourth-order valence-electron chi connectivity index (χ4n) is 2.06. The van der Waals surface area contributed by atoms with E-state index in [1.807, 2.05) is 6.92 Å². The van der Waals surface area contributed by atoms with E-state index in [9.17, 15) is 29.6 Å². The second-order valence-corrected chi connectivity index (χ2v) is 5.15. The summed E-state index contributed by atoms with van der Waals surface area (Å²) < 4.78 is 0. The summed E-state index contributed by atoms with van der Waals surface area (Å²) >= 11 is 0. The van der Waals surface area contributed by atoms with E-state index in [0.29, 0.717) is 12.8 Å². The molecule has 2 N–H and O–H groups in total. The lowest BCUT2D eigenvalue weighted by Crippen LogP contribution is -2.42. The summed E-state index contributed by atoms with van der Waals surface area (Å²) in [6, 6.07) is 5.03. The van der Waals surface area contributed by atoms with Crippen LogP contribution in [0.5, 0.6) is 0 Å². The van der Waals surface area contributed by atoms with Gasteiger partial charge in [0.1, 0.15) is 0 Å². The van der Waals surface area contributed by atoms with Gasteiger partial charge in [0.15, 0.2) is 0 Å². The quantitative estimate of drug-likeness (QED) is 0.516. The summed E-state index contributed by atoms with van der Waals surface area (Å²) in [4.78, 5) is 44.3. The number of hydrogen-bond donors (Lipinski definition) is 2. The van der Waals surface area contributed by atoms with Crippen LogP contribution in [0.3, 0.4) is 0 Å². The van der Waals surface area contributed by atoms with E-state index in [4.69, 9.17) is 0 Å². The van der Waals surface area contributed by atoms with Gasteiger partial charge in [-0.25, -0.2) is 0 Å². The van der Waals surface area contributed by atoms with Crippen LogP contribution in [0.15, 0.2) is 24.3 Å². The van der Waals surface area contributed by atoms with Gasteiger partial charge in [0, 0.05) is 30.1 Å². The fraction of sp³-hybridized carbons (Fsp3) is 0.400. The van der Waals surface area contributed by atoms with Crippen LogP contribution < -0.4 is 16.0 Å². The highest BCUT2D eigenvalue weighted by Gasteiger charge is 2.14. The van der Waals surface area contributed by atoms with E-state index in [1.165, 1.54) is 18.2 Å². The third kappa shape index (κ3) is 6.03. The molecule has 0 heterocycles. The van der Waals surface area contributed by atoms with Crippen molar-refractivity contribution in [3.8, 4) is 0 Å². The Morgan fingerprint density at radius 1 is 1.21 bits per heavy atom. The normalized spacial score (nSPS) is 11.4. The Morgan fingerprint density at radius 3 is 2.50 bits per heavy atom. The molecule has 0 aromatic heterocycles. The summed E-state index contributed by atoms with van der Waals surface area (Å²) in [6.45, 7) is 1.83. The number of benzene rings is 1. The highest BCUT2D eigenvalue weighted by atomic mass is 16.6. The molecule has 0 radical (unpaired) electrons. The molecule has 0 saturated carbocycles. The zero-order valence-electron chi connectivity index (χ0n) is 13.1. The van der Waals surface area contributed by atoms with Crippen molar-refractivity contribution >= 4 is 23.5 Å². The standard InChI is InChI=1S/C15H19N3O6/c1-2-4-10(15(21)22)7-8-13(19)16-17-14(20)11-5-3-6-12(9-11)18(23)24/h3,5-6,9-10H,2,4,7-8H2,1H3,(H,16,19)(H,17,20)(H,21,22)/p-1/t10-/m1/s1. The van der Waals surface area contributed by atoms with Crippen molar-refractivity contribution in [1.29, 1.82) is 0 Å². The van der Waals surface area contributed by atoms with Crippen LogP contribution in [0, 0.1) is 16.0 Å². The number of nitro groups is 1. The maximum Gasteiger partial charge on any atom is 0.270 e. The van der Waals surface area contributed by atoms with Gasteiger partial charge in [-0.1, -0.05) is 19.4 Å². The number of amides is 2. The summed E-state index contributed by atoms with van der Waals surface area (Å²) in [6.07, 6.45) is 1.09. The van der Waals surface area contributed by atoms with Crippen LogP contribution in [0.2, 0.25) is 0 Å². The SMILES string of the molecule is CCC[C@H](CCC(=O)NNC(=O)c1cccc([N+](=O)[O-])c1)C(=O)[O-]. The van der Waals surface area contributed by atoms with Crippen LogP contribution in [0.25, 0.3) is 0 Å². The predicted molar refractivity (Wildman–Crippen MR) is 81.3 cm³/mol. The number of aliphatic carboxylic acids is 1. The second kappa shape index (κ2) is 9.23. The van der Waals surface area contributed by atoms with Crippen LogP contribution >= 0.6 is 0 Å². The molecule has 2 amide bonds. The largest absolute Gasteiger partial charge is 0.550 e. The van der Waals surface area contributed by atoms with Gasteiger partial charge in [-0.2, -0.15) is 0 Å². The molecule has 9 nitrogen and oxygen atoms in total. The van der Waals surface area contributed by atoms with E-state index in [-0.39, 0.29) is 24.1 Å². The van der Waals surface area contributed by atoms with E-state index < -0.39 is 28.6 Å². The highest BCUT2D eigenvalue weighted by Crippen LogP contribution is 2.13. The lowest BCUT2D eigenvalue weighted by Gasteiger charge is -2.16. The Labute approximate surface area is 138 Å². The molecule has 1 aromatic rings. The number of carboxylic acids is 1. The molecule has 1 rings (SSSR count). The van der Waals surface area contributed by atoms with Crippen molar-refractivity contribution in [3.05, 3.63) is 39.9 Å². The molecule has 1 aromatic carbocycles. The Bertz CT molecular complexity index is 631. The van der Waals surface area contributed by atoms with Crippen LogP contribution in [-0.2, 0) is 9.59 Å². The van der Waals surface area contributed by atoms with Crippen molar-refractivity contribution in [1.82, 2.24) is 10.9 Å². The van der Waals surface area contributed by atoms with Crippen molar-refractivity contribution in [3.63, 3.8) is 0 Å². The number of carbonyl (C=O) groups excluding carboxylic acids is 3. The van der Waals surface area contributed by atoms with Gasteiger partial charge in [-0.3, -0.25) is 30.6 Å². The van der Waals surface area contributed by atoms with Gasteiger partial charge in [-0.15, -0.1) is 0 Å². The summed E-state index contributed by atoms with van der Waals surface area (Å²) in [5.74, 6) is -3.19. The average molecular weight is 336 g/mol. The molecule has 0 fully saturated rings. The van der Waals surface area contributed by atoms with Gasteiger partial charge >= 0.3 is 0 Å². The van der Waals surface area contributed by atoms with Crippen molar-refractivity contribution in [2.24, 2.45) is 5.92 Å². The Balaban J connectivity index is 2.49. The van der Waals surface area contributed by atoms with Crippen LogP contribution in [-0.4, -0.2) is 22.7 Å². The molecule has 1 atom stereocenters. The summed E-state index contributed by atoms with van der Waals surface area (Å²) in [5.41, 5.74) is 4.04. The third-order valence-corrected chi connectivity index (χ3v) is 3.32. The molecule has 24 heavy (non-hydrogen) atoms. The Hall–Kier alpha value is -2.97. The molecule has 0 bridgehead atoms. The number of hydrogen-bond acceptors (Lipinski definition) is 6. The lowest BCUT2D eigenvalue weighted by molar-refractivity contribution is -0.384. The minimum Gasteiger partial charge on any atom is -0.550 e. The van der Waals surface area contributed by atoms with Gasteiger partial charge in [0.05, 0.1) is 4.92 Å². The average Bonchev–Trinajstić information content (AvgIpc) is 2.56. The zero-order chi connectivity index (χ0) is 18.1. The predicted octanol–water partition coefficient (Wildman–Crippen LogP) is 0.302. The maximum absolute atomic E-state index is 11.8. The van der Waals surface area contributed by atoms with E-state index in [2.05, 4.69) is 10.9 Å². The number of carbonyl (C=O) groups is 3. The first-order chi connectivity index (χ1) is 11.3. The number of non-ortho nitro benzene ring substituents is 1. The molecular formula is C15H18N3O6-. The molecule has 0 saturated heterocycles. The number of nitrogens with one attached hydrogen (secondary N) is 2. The van der Waals surface area contributed by atoms with Gasteiger partial charge in [0.25, 0.3) is 11.6 Å². The van der Waals surface area contributed by atoms with E-state index in [1.54, 1.807) is 0 Å². The first-order valence-electron chi connectivity index (χ1n) is 7.39. The molecule has 0 aliphatic heterocycles. The number of nitrogens with zero attached hydrogens (tertiary/aromatic N) is 1. The minimum absolute atomic E-state index is 0.0168. The smallest absolute Gasteiger partial charge is 0.270 e. The van der Waals surface area contributed by atoms with E-state index in [0.717, 1.165) is 6.07 Å². The second-order valence-electron chi connectivity index (χ2n) is 5.15. The van der Waals surface area contributed by atoms with Crippen molar-refractivity contribution in [2.75, 3.05) is 0 Å². The van der Waals surface area contributed by atoms with Gasteiger partial charge < -0.3 is 9.90 Å². The number of hydrazine groups is 1. The Kier molecular flexibility index (Phi) is 7.34. The number of carboxylic acid groups (broad SMARTS) is 1. The maximum atomic E-state index is 11.8. The monoisotopic (exact) mass is 336 g/mol. The molecule has 0 spiro atoms. The van der Waals surface area contributed by atoms with Crippen LogP contribution in [0.1, 0.15) is 43.0 Å². The summed E-state index contributed by atoms with van der Waals surface area (Å²) in [7, 11) is 0. The highest BCUT2D eigenvalue weighted by molar-refractivity contribution is 5.95. The Morgan fingerprint density at radius 2 is 1.92 bits per heavy atom. The molecular weight excluding hydrogens is 318 g/mol. The van der Waals surface area contributed by atoms with Crippen molar-refractivity contribution < 1.29 is 24.4 Å². The zero-order valence-corrected chi connectivity index (χ0v) is 13.1.